The Morgan fingerprint density at radius 3 is 2.50 bits per heavy atom. The maximum Gasteiger partial charge on any atom is 0.407 e. The van der Waals surface area contributed by atoms with Crippen molar-refractivity contribution < 1.29 is 38.6 Å². The molecule has 4 N–H and O–H groups in total. The first-order valence-corrected chi connectivity index (χ1v) is 17.4. The van der Waals surface area contributed by atoms with Gasteiger partial charge in [0.1, 0.15) is 34.5 Å². The molecule has 3 aromatic rings. The van der Waals surface area contributed by atoms with Crippen LogP contribution in [-0.2, 0) is 37.5 Å². The molecule has 2 aromatic carbocycles. The van der Waals surface area contributed by atoms with Crippen LogP contribution in [0.5, 0.6) is 5.75 Å². The van der Waals surface area contributed by atoms with Crippen LogP contribution in [0.4, 0.5) is 4.79 Å². The second-order valence-corrected chi connectivity index (χ2v) is 14.2. The summed E-state index contributed by atoms with van der Waals surface area (Å²) >= 11 is 2.58. The van der Waals surface area contributed by atoms with Gasteiger partial charge in [-0.2, -0.15) is 0 Å². The van der Waals surface area contributed by atoms with Crippen molar-refractivity contribution in [3.05, 3.63) is 77.0 Å². The number of carbonyl (C=O) groups excluding carboxylic acids is 4. The van der Waals surface area contributed by atoms with Gasteiger partial charge in [0.2, 0.25) is 11.1 Å². The van der Waals surface area contributed by atoms with Gasteiger partial charge in [0, 0.05) is 30.7 Å². The largest absolute Gasteiger partial charge is 0.483 e. The standard InChI is InChI=1S/C32H36N8O8S2/c1-32(2,3)48-31(46)33-14-19-12-8-9-13-21(19)47-15-22(41)34-23(18-10-6-5-7-11-18)26(42)35-24-27(43)40-25(29(44)45)20(16-49-28(24)40)17-50-30-36-37-38-39(30)4/h5-13,23-24,28H,14-17H2,1-4H3,(H,33,46)(H,34,41)(H,35,42)(H,44,45)/t23-,24?,28-/m0/s1. The lowest BCUT2D eigenvalue weighted by Gasteiger charge is -2.49. The van der Waals surface area contributed by atoms with Crippen molar-refractivity contribution in [3.63, 3.8) is 0 Å². The van der Waals surface area contributed by atoms with Crippen LogP contribution in [0.3, 0.4) is 0 Å². The highest BCUT2D eigenvalue weighted by atomic mass is 32.2. The van der Waals surface area contributed by atoms with Crippen molar-refractivity contribution in [2.24, 2.45) is 7.05 Å². The number of thioether (sulfide) groups is 2. The normalized spacial score (nSPS) is 17.6. The fourth-order valence-electron chi connectivity index (χ4n) is 5.09. The number of hydrogen-bond donors (Lipinski definition) is 4. The first-order valence-electron chi connectivity index (χ1n) is 15.4. The molecule has 0 aliphatic carbocycles. The molecular weight excluding hydrogens is 689 g/mol. The van der Waals surface area contributed by atoms with Gasteiger partial charge in [0.15, 0.2) is 6.61 Å². The first kappa shape index (κ1) is 36.2. The molecule has 1 unspecified atom stereocenters. The van der Waals surface area contributed by atoms with E-state index in [-0.39, 0.29) is 18.0 Å². The van der Waals surface area contributed by atoms with Gasteiger partial charge in [0.05, 0.1) is 0 Å². The number of nitrogens with one attached hydrogen (secondary N) is 3. The number of fused-ring (bicyclic) bond motifs is 1. The van der Waals surface area contributed by atoms with Crippen molar-refractivity contribution in [1.29, 1.82) is 0 Å². The van der Waals surface area contributed by atoms with E-state index >= 15 is 0 Å². The van der Waals surface area contributed by atoms with E-state index in [4.69, 9.17) is 9.47 Å². The number of aryl methyl sites for hydroxylation is 1. The van der Waals surface area contributed by atoms with Crippen molar-refractivity contribution in [3.8, 4) is 5.75 Å². The van der Waals surface area contributed by atoms with Gasteiger partial charge in [0.25, 0.3) is 11.8 Å². The molecule has 16 nitrogen and oxygen atoms in total. The zero-order valence-corrected chi connectivity index (χ0v) is 29.2. The number of nitrogens with zero attached hydrogens (tertiary/aromatic N) is 5. The average Bonchev–Trinajstić information content (AvgIpc) is 3.50. The molecule has 1 aromatic heterocycles. The fraction of sp³-hybridized carbons (Fsp3) is 0.375. The Morgan fingerprint density at radius 2 is 1.82 bits per heavy atom. The zero-order valence-electron chi connectivity index (χ0n) is 27.6. The number of para-hydroxylation sites is 1. The topological polar surface area (TPSA) is 207 Å². The molecule has 0 spiro atoms. The highest BCUT2D eigenvalue weighted by Gasteiger charge is 2.54. The lowest BCUT2D eigenvalue weighted by atomic mass is 10.0. The number of benzene rings is 2. The summed E-state index contributed by atoms with van der Waals surface area (Å²) in [5, 5.41) is 29.2. The Balaban J connectivity index is 1.22. The number of hydrogen-bond acceptors (Lipinski definition) is 12. The van der Waals surface area contributed by atoms with E-state index in [9.17, 15) is 29.1 Å². The Morgan fingerprint density at radius 1 is 1.10 bits per heavy atom. The molecule has 1 fully saturated rings. The summed E-state index contributed by atoms with van der Waals surface area (Å²) in [7, 11) is 1.67. The van der Waals surface area contributed by atoms with Crippen molar-refractivity contribution in [2.45, 2.75) is 55.5 Å². The number of ether oxygens (including phenoxy) is 2. The molecule has 3 heterocycles. The molecule has 3 atom stereocenters. The average molecular weight is 725 g/mol. The minimum atomic E-state index is -1.25. The van der Waals surface area contributed by atoms with Crippen LogP contribution in [-0.4, -0.2) is 95.1 Å². The van der Waals surface area contributed by atoms with Crippen LogP contribution in [0.2, 0.25) is 0 Å². The number of carboxylic acids is 1. The van der Waals surface area contributed by atoms with Gasteiger partial charge in [-0.25, -0.2) is 14.3 Å². The summed E-state index contributed by atoms with van der Waals surface area (Å²) in [6, 6.07) is 13.2. The smallest absolute Gasteiger partial charge is 0.407 e. The van der Waals surface area contributed by atoms with Crippen molar-refractivity contribution >= 4 is 53.3 Å². The van der Waals surface area contributed by atoms with E-state index in [2.05, 4.69) is 31.5 Å². The third-order valence-corrected chi connectivity index (χ3v) is 9.79. The molecule has 0 saturated carbocycles. The SMILES string of the molecule is Cn1nnnc1SCC1=C(C(=O)O)N2C(=O)C(NC(=O)[C@@H](NC(=O)COc3ccccc3CNC(=O)OC(C)(C)C)c3ccccc3)[C@@H]2SC1. The fourth-order valence-corrected chi connectivity index (χ4v) is 7.43. The third-order valence-electron chi connectivity index (χ3n) is 7.36. The summed E-state index contributed by atoms with van der Waals surface area (Å²) in [6.45, 7) is 4.90. The van der Waals surface area contributed by atoms with E-state index in [1.807, 2.05) is 0 Å². The number of carboxylic acid groups (broad SMARTS) is 1. The summed E-state index contributed by atoms with van der Waals surface area (Å²) in [6.07, 6.45) is -0.604. The van der Waals surface area contributed by atoms with Gasteiger partial charge in [-0.3, -0.25) is 19.3 Å². The molecular formula is C32H36N8O8S2. The van der Waals surface area contributed by atoms with Gasteiger partial charge >= 0.3 is 12.1 Å². The van der Waals surface area contributed by atoms with Crippen LogP contribution in [0, 0.1) is 0 Å². The molecule has 4 amide bonds. The van der Waals surface area contributed by atoms with Crippen LogP contribution in [0.25, 0.3) is 0 Å². The predicted molar refractivity (Wildman–Crippen MR) is 182 cm³/mol. The monoisotopic (exact) mass is 724 g/mol. The number of β-lactam (4-membered cyclic amide) rings is 1. The number of tetrazole rings is 1. The number of carbonyl (C=O) groups is 5. The Labute approximate surface area is 295 Å². The molecule has 2 aliphatic rings. The molecule has 2 aliphatic heterocycles. The molecule has 18 heteroatoms. The zero-order chi connectivity index (χ0) is 36.0. The van der Waals surface area contributed by atoms with Gasteiger partial charge in [-0.05, 0) is 48.4 Å². The maximum absolute atomic E-state index is 13.7. The van der Waals surface area contributed by atoms with Crippen molar-refractivity contribution in [2.75, 3.05) is 18.1 Å². The second-order valence-electron chi connectivity index (χ2n) is 12.2. The predicted octanol–water partition coefficient (Wildman–Crippen LogP) is 2.00. The Hall–Kier alpha value is -5.10. The molecule has 5 rings (SSSR count). The second kappa shape index (κ2) is 15.6. The first-order chi connectivity index (χ1) is 23.8. The van der Waals surface area contributed by atoms with Crippen LogP contribution < -0.4 is 20.7 Å². The number of alkyl carbamates (subject to hydrolysis) is 1. The summed E-state index contributed by atoms with van der Waals surface area (Å²) in [5.74, 6) is -2.18. The minimum Gasteiger partial charge on any atom is -0.483 e. The summed E-state index contributed by atoms with van der Waals surface area (Å²) in [5.41, 5.74) is 0.797. The lowest BCUT2D eigenvalue weighted by molar-refractivity contribution is -0.151. The number of rotatable bonds is 13. The molecule has 50 heavy (non-hydrogen) atoms. The van der Waals surface area contributed by atoms with Crippen LogP contribution in [0.1, 0.15) is 37.9 Å². The van der Waals surface area contributed by atoms with E-state index in [0.717, 1.165) is 0 Å². The number of aliphatic carboxylic acids is 1. The van der Waals surface area contributed by atoms with Gasteiger partial charge in [-0.1, -0.05) is 60.3 Å². The Kier molecular flexibility index (Phi) is 11.3. The van der Waals surface area contributed by atoms with Gasteiger partial charge < -0.3 is 30.5 Å². The molecule has 0 bridgehead atoms. The number of amides is 4. The highest BCUT2D eigenvalue weighted by molar-refractivity contribution is 8.01. The van der Waals surface area contributed by atoms with Gasteiger partial charge in [-0.15, -0.1) is 16.9 Å². The van der Waals surface area contributed by atoms with Crippen molar-refractivity contribution in [1.82, 2.24) is 41.1 Å². The molecule has 1 saturated heterocycles. The van der Waals surface area contributed by atoms with E-state index < -0.39 is 59.4 Å². The maximum atomic E-state index is 13.7. The summed E-state index contributed by atoms with van der Waals surface area (Å²) in [4.78, 5) is 65.8. The highest BCUT2D eigenvalue weighted by Crippen LogP contribution is 2.41. The Bertz CT molecular complexity index is 1800. The van der Waals surface area contributed by atoms with Crippen LogP contribution >= 0.6 is 23.5 Å². The van der Waals surface area contributed by atoms with Crippen LogP contribution in [0.15, 0.2) is 71.0 Å². The number of aromatic nitrogens is 4. The quantitative estimate of drug-likeness (QED) is 0.147. The minimum absolute atomic E-state index is 0.0888. The van der Waals surface area contributed by atoms with E-state index in [1.54, 1.807) is 82.4 Å². The molecule has 264 valence electrons. The molecule has 0 radical (unpaired) electrons. The van der Waals surface area contributed by atoms with E-state index in [1.165, 1.54) is 33.1 Å². The lowest BCUT2D eigenvalue weighted by Crippen LogP contribution is -2.71. The van der Waals surface area contributed by atoms with E-state index in [0.29, 0.717) is 33.4 Å². The summed E-state index contributed by atoms with van der Waals surface area (Å²) < 4.78 is 12.5. The third kappa shape index (κ3) is 8.73.